The van der Waals surface area contributed by atoms with Crippen molar-refractivity contribution >= 4 is 40.1 Å². The summed E-state index contributed by atoms with van der Waals surface area (Å²) in [6, 6.07) is 24.3. The van der Waals surface area contributed by atoms with Gasteiger partial charge in [0.1, 0.15) is 5.75 Å². The highest BCUT2D eigenvalue weighted by Gasteiger charge is 2.34. The average molecular weight is 485 g/mol. The zero-order chi connectivity index (χ0) is 24.4. The van der Waals surface area contributed by atoms with E-state index in [1.54, 1.807) is 12.1 Å². The molecule has 1 aliphatic heterocycles. The fourth-order valence-electron chi connectivity index (χ4n) is 4.37. The molecule has 0 unspecified atom stereocenters. The van der Waals surface area contributed by atoms with Gasteiger partial charge in [0.2, 0.25) is 0 Å². The number of para-hydroxylation sites is 1. The second-order valence-electron chi connectivity index (χ2n) is 8.00. The Balaban J connectivity index is 1.48. The van der Waals surface area contributed by atoms with Gasteiger partial charge in [0.05, 0.1) is 34.6 Å². The second kappa shape index (κ2) is 9.82. The Labute approximate surface area is 208 Å². The minimum absolute atomic E-state index is 0.0779. The lowest BCUT2D eigenvalue weighted by Gasteiger charge is -2.26. The van der Waals surface area contributed by atoms with E-state index < -0.39 is 0 Å². The lowest BCUT2D eigenvalue weighted by Crippen LogP contribution is -2.24. The van der Waals surface area contributed by atoms with Crippen molar-refractivity contribution in [1.82, 2.24) is 0 Å². The Morgan fingerprint density at radius 2 is 1.51 bits per heavy atom. The molecule has 0 saturated carbocycles. The molecule has 176 valence electrons. The third kappa shape index (κ3) is 4.24. The maximum atomic E-state index is 13.2. The number of phenolic OH excluding ortho intramolecular Hbond substituents is 1. The summed E-state index contributed by atoms with van der Waals surface area (Å²) < 4.78 is 5.27. The number of aliphatic imine (C=N–C) groups is 1. The molecule has 0 saturated heterocycles. The van der Waals surface area contributed by atoms with Gasteiger partial charge < -0.3 is 14.9 Å². The number of hydrogen-bond donors (Lipinski definition) is 1. The van der Waals surface area contributed by atoms with Gasteiger partial charge in [0.25, 0.3) is 5.91 Å². The smallest absolute Gasteiger partial charge is 0.280 e. The SMILES string of the molecule is CCN(CC)c1c2c(c(O)c3ccccc13)C(c1ccc(SOOc3ccccc3)cc1)=NC2=O. The molecule has 35 heavy (non-hydrogen) atoms. The van der Waals surface area contributed by atoms with E-state index in [-0.39, 0.29) is 11.7 Å². The normalized spacial score (nSPS) is 12.5. The molecule has 0 spiro atoms. The fraction of sp³-hybridized carbons (Fsp3) is 0.143. The molecule has 0 fully saturated rings. The Kier molecular flexibility index (Phi) is 6.44. The van der Waals surface area contributed by atoms with E-state index in [9.17, 15) is 9.90 Å². The van der Waals surface area contributed by atoms with Gasteiger partial charge >= 0.3 is 0 Å². The molecule has 1 N–H and O–H groups in total. The van der Waals surface area contributed by atoms with Gasteiger partial charge in [0, 0.05) is 34.3 Å². The van der Waals surface area contributed by atoms with E-state index in [0.717, 1.165) is 46.7 Å². The van der Waals surface area contributed by atoms with Gasteiger partial charge in [-0.25, -0.2) is 4.99 Å². The predicted octanol–water partition coefficient (Wildman–Crippen LogP) is 6.40. The van der Waals surface area contributed by atoms with Gasteiger partial charge in [-0.2, -0.15) is 0 Å². The first-order chi connectivity index (χ1) is 17.1. The van der Waals surface area contributed by atoms with Gasteiger partial charge in [-0.3, -0.25) is 4.79 Å². The summed E-state index contributed by atoms with van der Waals surface area (Å²) >= 11 is 1.08. The molecule has 5 rings (SSSR count). The molecule has 1 amide bonds. The highest BCUT2D eigenvalue weighted by atomic mass is 32.2. The van der Waals surface area contributed by atoms with Crippen molar-refractivity contribution in [3.05, 3.63) is 95.6 Å². The van der Waals surface area contributed by atoms with Crippen LogP contribution in [-0.4, -0.2) is 29.8 Å². The third-order valence-corrected chi connectivity index (χ3v) is 6.64. The molecule has 4 aromatic rings. The quantitative estimate of drug-likeness (QED) is 0.177. The third-order valence-electron chi connectivity index (χ3n) is 6.04. The average Bonchev–Trinajstić information content (AvgIpc) is 3.24. The van der Waals surface area contributed by atoms with Gasteiger partial charge in [0.15, 0.2) is 5.75 Å². The molecule has 0 aromatic heterocycles. The number of benzene rings is 4. The number of phenols is 1. The van der Waals surface area contributed by atoms with Gasteiger partial charge in [-0.15, -0.1) is 4.33 Å². The number of hydrogen-bond acceptors (Lipinski definition) is 6. The molecular formula is C28H24N2O4S. The molecule has 0 aliphatic carbocycles. The first kappa shape index (κ1) is 23.0. The molecule has 7 heteroatoms. The molecule has 6 nitrogen and oxygen atoms in total. The van der Waals surface area contributed by atoms with Crippen LogP contribution in [0.1, 0.15) is 35.3 Å². The first-order valence-electron chi connectivity index (χ1n) is 11.4. The Morgan fingerprint density at radius 3 is 2.20 bits per heavy atom. The van der Waals surface area contributed by atoms with Crippen LogP contribution in [0.25, 0.3) is 10.8 Å². The lowest BCUT2D eigenvalue weighted by molar-refractivity contribution is -0.0777. The fourth-order valence-corrected chi connectivity index (χ4v) is 4.81. The number of fused-ring (bicyclic) bond motifs is 2. The number of amides is 1. The van der Waals surface area contributed by atoms with E-state index in [2.05, 4.69) is 23.7 Å². The summed E-state index contributed by atoms with van der Waals surface area (Å²) in [6.45, 7) is 5.58. The Morgan fingerprint density at radius 1 is 0.857 bits per heavy atom. The van der Waals surface area contributed by atoms with E-state index in [4.69, 9.17) is 9.22 Å². The van der Waals surface area contributed by atoms with E-state index >= 15 is 0 Å². The predicted molar refractivity (Wildman–Crippen MR) is 140 cm³/mol. The highest BCUT2D eigenvalue weighted by Crippen LogP contribution is 2.44. The van der Waals surface area contributed by atoms with Crippen LogP contribution in [0.3, 0.4) is 0 Å². The largest absolute Gasteiger partial charge is 0.507 e. The van der Waals surface area contributed by atoms with Crippen molar-refractivity contribution in [3.63, 3.8) is 0 Å². The topological polar surface area (TPSA) is 71.4 Å². The zero-order valence-electron chi connectivity index (χ0n) is 19.4. The number of anilines is 1. The van der Waals surface area contributed by atoms with Crippen LogP contribution in [0.2, 0.25) is 0 Å². The highest BCUT2D eigenvalue weighted by molar-refractivity contribution is 7.94. The van der Waals surface area contributed by atoms with Crippen molar-refractivity contribution in [2.24, 2.45) is 4.99 Å². The first-order valence-corrected chi connectivity index (χ1v) is 12.2. The maximum Gasteiger partial charge on any atom is 0.280 e. The minimum atomic E-state index is -0.337. The summed E-state index contributed by atoms with van der Waals surface area (Å²) in [5.41, 5.74) is 2.97. The van der Waals surface area contributed by atoms with E-state index in [1.165, 1.54) is 0 Å². The van der Waals surface area contributed by atoms with Crippen LogP contribution in [-0.2, 0) is 4.33 Å². The summed E-state index contributed by atoms with van der Waals surface area (Å²) in [5.74, 6) is 0.351. The molecule has 0 bridgehead atoms. The molecule has 4 aromatic carbocycles. The molecule has 1 heterocycles. The lowest BCUT2D eigenvalue weighted by atomic mass is 9.92. The molecule has 0 radical (unpaired) electrons. The standard InChI is InChI=1S/C28H24N2O4S/c1-3-30(4-2)26-21-12-8-9-13-22(21)27(31)23-24(26)28(32)29-25(23)18-14-16-20(17-15-18)35-34-33-19-10-6-5-7-11-19/h5-17,31H,3-4H2,1-2H3. The van der Waals surface area contributed by atoms with Crippen molar-refractivity contribution in [2.45, 2.75) is 18.7 Å². The van der Waals surface area contributed by atoms with Crippen LogP contribution in [0.5, 0.6) is 11.5 Å². The molecular weight excluding hydrogens is 460 g/mol. The molecule has 0 atom stereocenters. The summed E-state index contributed by atoms with van der Waals surface area (Å²) in [4.78, 5) is 25.8. The van der Waals surface area contributed by atoms with Crippen LogP contribution < -0.4 is 9.79 Å². The summed E-state index contributed by atoms with van der Waals surface area (Å²) in [5, 5.41) is 12.8. The minimum Gasteiger partial charge on any atom is -0.507 e. The Bertz CT molecular complexity index is 1410. The van der Waals surface area contributed by atoms with Crippen molar-refractivity contribution in [3.8, 4) is 11.5 Å². The molecule has 1 aliphatic rings. The zero-order valence-corrected chi connectivity index (χ0v) is 20.2. The second-order valence-corrected chi connectivity index (χ2v) is 8.78. The monoisotopic (exact) mass is 484 g/mol. The number of carbonyl (C=O) groups excluding carboxylic acids is 1. The van der Waals surface area contributed by atoms with E-state index in [0.29, 0.717) is 28.0 Å². The number of nitrogens with zero attached hydrogens (tertiary/aromatic N) is 2. The van der Waals surface area contributed by atoms with E-state index in [1.807, 2.05) is 66.7 Å². The number of aromatic hydroxyl groups is 1. The van der Waals surface area contributed by atoms with Crippen molar-refractivity contribution in [2.75, 3.05) is 18.0 Å². The van der Waals surface area contributed by atoms with Crippen molar-refractivity contribution < 1.29 is 19.1 Å². The van der Waals surface area contributed by atoms with Crippen LogP contribution in [0.4, 0.5) is 5.69 Å². The maximum absolute atomic E-state index is 13.2. The van der Waals surface area contributed by atoms with Crippen LogP contribution >= 0.6 is 12.0 Å². The number of rotatable bonds is 8. The van der Waals surface area contributed by atoms with Crippen LogP contribution in [0, 0.1) is 0 Å². The summed E-state index contributed by atoms with van der Waals surface area (Å²) in [7, 11) is 0. The van der Waals surface area contributed by atoms with Crippen LogP contribution in [0.15, 0.2) is 88.8 Å². The van der Waals surface area contributed by atoms with Crippen molar-refractivity contribution in [1.29, 1.82) is 0 Å². The van der Waals surface area contributed by atoms with Gasteiger partial charge in [-0.05, 0) is 38.1 Å². The van der Waals surface area contributed by atoms with Gasteiger partial charge in [-0.1, -0.05) is 54.6 Å². The summed E-state index contributed by atoms with van der Waals surface area (Å²) in [6.07, 6.45) is 0. The Hall–Kier alpha value is -3.81. The number of carbonyl (C=O) groups is 1.